The monoisotopic (exact) mass is 302 g/mol. The highest BCUT2D eigenvalue weighted by molar-refractivity contribution is 5.99. The summed E-state index contributed by atoms with van der Waals surface area (Å²) in [5.41, 5.74) is -0.482. The Balaban J connectivity index is 2.30. The minimum Gasteiger partial charge on any atom is -0.393 e. The first-order valence-corrected chi connectivity index (χ1v) is 6.69. The molecule has 1 fully saturated rings. The Kier molecular flexibility index (Phi) is 4.41. The molecule has 1 amide bonds. The Hall–Kier alpha value is -1.76. The molecule has 4 nitrogen and oxygen atoms in total. The van der Waals surface area contributed by atoms with Crippen LogP contribution in [-0.4, -0.2) is 42.2 Å². The minimum absolute atomic E-state index is 0.00344. The zero-order chi connectivity index (χ0) is 15.6. The second-order valence-corrected chi connectivity index (χ2v) is 5.03. The third-order valence-corrected chi connectivity index (χ3v) is 3.60. The third kappa shape index (κ3) is 3.47. The van der Waals surface area contributed by atoms with Gasteiger partial charge >= 0.3 is 6.18 Å². The molecule has 2 N–H and O–H groups in total. The quantitative estimate of drug-likeness (QED) is 0.881. The van der Waals surface area contributed by atoms with Crippen LogP contribution in [-0.2, 0) is 6.18 Å². The largest absolute Gasteiger partial charge is 0.416 e. The number of hydrogen-bond donors (Lipinski definition) is 2. The summed E-state index contributed by atoms with van der Waals surface area (Å²) in [6.07, 6.45) is -4.04. The van der Waals surface area contributed by atoms with Gasteiger partial charge in [0.05, 0.1) is 17.2 Å². The summed E-state index contributed by atoms with van der Waals surface area (Å²) in [5.74, 6) is -0.447. The van der Waals surface area contributed by atoms with Crippen molar-refractivity contribution in [1.82, 2.24) is 4.90 Å². The summed E-state index contributed by atoms with van der Waals surface area (Å²) in [5, 5.41) is 12.2. The van der Waals surface area contributed by atoms with Gasteiger partial charge in [-0.05, 0) is 31.0 Å². The first-order chi connectivity index (χ1) is 9.82. The molecule has 21 heavy (non-hydrogen) atoms. The molecule has 0 atom stereocenters. The normalized spacial score (nSPS) is 16.9. The molecule has 1 heterocycles. The van der Waals surface area contributed by atoms with E-state index in [0.29, 0.717) is 31.6 Å². The number of anilines is 1. The lowest BCUT2D eigenvalue weighted by Crippen LogP contribution is -2.40. The summed E-state index contributed by atoms with van der Waals surface area (Å²) in [6.45, 7) is 0.693. The van der Waals surface area contributed by atoms with Gasteiger partial charge in [0.2, 0.25) is 0 Å². The zero-order valence-electron chi connectivity index (χ0n) is 11.6. The summed E-state index contributed by atoms with van der Waals surface area (Å²) in [7, 11) is 1.55. The first kappa shape index (κ1) is 15.6. The van der Waals surface area contributed by atoms with E-state index in [2.05, 4.69) is 5.32 Å². The average Bonchev–Trinajstić information content (AvgIpc) is 2.45. The maximum atomic E-state index is 12.8. The number of aliphatic hydroxyl groups excluding tert-OH is 1. The van der Waals surface area contributed by atoms with E-state index in [0.717, 1.165) is 12.1 Å². The van der Waals surface area contributed by atoms with E-state index < -0.39 is 23.8 Å². The highest BCUT2D eigenvalue weighted by Crippen LogP contribution is 2.32. The SMILES string of the molecule is CNc1ccc(C(F)(F)F)cc1C(=O)N1CCC(O)CC1. The van der Waals surface area contributed by atoms with E-state index in [9.17, 15) is 23.1 Å². The number of nitrogens with zero attached hydrogens (tertiary/aromatic N) is 1. The molecule has 0 saturated carbocycles. The van der Waals surface area contributed by atoms with E-state index in [1.807, 2.05) is 0 Å². The van der Waals surface area contributed by atoms with Gasteiger partial charge in [0, 0.05) is 25.8 Å². The molecule has 7 heteroatoms. The predicted molar refractivity (Wildman–Crippen MR) is 72.1 cm³/mol. The molecule has 1 aromatic rings. The molecule has 0 radical (unpaired) electrons. The van der Waals surface area contributed by atoms with Gasteiger partial charge in [0.15, 0.2) is 0 Å². The molecular formula is C14H17F3N2O2. The number of carbonyl (C=O) groups is 1. The number of alkyl halides is 3. The molecular weight excluding hydrogens is 285 g/mol. The number of piperidine rings is 1. The molecule has 1 aliphatic rings. The van der Waals surface area contributed by atoms with E-state index >= 15 is 0 Å². The lowest BCUT2D eigenvalue weighted by Gasteiger charge is -2.30. The molecule has 116 valence electrons. The van der Waals surface area contributed by atoms with Crippen LogP contribution in [0, 0.1) is 0 Å². The van der Waals surface area contributed by atoms with Gasteiger partial charge in [-0.15, -0.1) is 0 Å². The van der Waals surface area contributed by atoms with Crippen molar-refractivity contribution < 1.29 is 23.1 Å². The van der Waals surface area contributed by atoms with Crippen LogP contribution < -0.4 is 5.32 Å². The van der Waals surface area contributed by atoms with Crippen molar-refractivity contribution in [2.24, 2.45) is 0 Å². The van der Waals surface area contributed by atoms with Crippen LogP contribution >= 0.6 is 0 Å². The summed E-state index contributed by atoms with van der Waals surface area (Å²) < 4.78 is 38.3. The molecule has 0 spiro atoms. The van der Waals surface area contributed by atoms with E-state index in [-0.39, 0.29) is 5.56 Å². The van der Waals surface area contributed by atoms with Crippen LogP contribution in [0.4, 0.5) is 18.9 Å². The predicted octanol–water partition coefficient (Wildman–Crippen LogP) is 2.34. The topological polar surface area (TPSA) is 52.6 Å². The molecule has 1 aromatic carbocycles. The first-order valence-electron chi connectivity index (χ1n) is 6.69. The van der Waals surface area contributed by atoms with Crippen LogP contribution in [0.3, 0.4) is 0 Å². The van der Waals surface area contributed by atoms with E-state index in [1.54, 1.807) is 7.05 Å². The number of benzene rings is 1. The fourth-order valence-corrected chi connectivity index (χ4v) is 2.35. The van der Waals surface area contributed by atoms with Crippen LogP contribution in [0.2, 0.25) is 0 Å². The van der Waals surface area contributed by atoms with Crippen molar-refractivity contribution in [3.63, 3.8) is 0 Å². The van der Waals surface area contributed by atoms with E-state index in [4.69, 9.17) is 0 Å². The van der Waals surface area contributed by atoms with Crippen LogP contribution in [0.5, 0.6) is 0 Å². The van der Waals surface area contributed by atoms with Crippen molar-refractivity contribution in [2.45, 2.75) is 25.1 Å². The average molecular weight is 302 g/mol. The van der Waals surface area contributed by atoms with Crippen molar-refractivity contribution in [3.05, 3.63) is 29.3 Å². The Labute approximate surface area is 120 Å². The van der Waals surface area contributed by atoms with Gasteiger partial charge < -0.3 is 15.3 Å². The lowest BCUT2D eigenvalue weighted by molar-refractivity contribution is -0.137. The van der Waals surface area contributed by atoms with Crippen molar-refractivity contribution >= 4 is 11.6 Å². The Morgan fingerprint density at radius 3 is 2.48 bits per heavy atom. The van der Waals surface area contributed by atoms with Crippen molar-refractivity contribution in [3.8, 4) is 0 Å². The number of hydrogen-bond acceptors (Lipinski definition) is 3. The highest BCUT2D eigenvalue weighted by Gasteiger charge is 2.32. The van der Waals surface area contributed by atoms with Crippen LogP contribution in [0.1, 0.15) is 28.8 Å². The maximum Gasteiger partial charge on any atom is 0.416 e. The molecule has 1 saturated heterocycles. The number of nitrogens with one attached hydrogen (secondary N) is 1. The van der Waals surface area contributed by atoms with E-state index in [1.165, 1.54) is 11.0 Å². The zero-order valence-corrected chi connectivity index (χ0v) is 11.6. The van der Waals surface area contributed by atoms with Gasteiger partial charge in [-0.3, -0.25) is 4.79 Å². The van der Waals surface area contributed by atoms with Crippen molar-refractivity contribution in [1.29, 1.82) is 0 Å². The number of amides is 1. The maximum absolute atomic E-state index is 12.8. The Morgan fingerprint density at radius 2 is 1.95 bits per heavy atom. The summed E-state index contributed by atoms with van der Waals surface area (Å²) in [6, 6.07) is 3.08. The van der Waals surface area contributed by atoms with Gasteiger partial charge in [-0.1, -0.05) is 0 Å². The molecule has 2 rings (SSSR count). The molecule has 1 aliphatic heterocycles. The summed E-state index contributed by atoms with van der Waals surface area (Å²) >= 11 is 0. The summed E-state index contributed by atoms with van der Waals surface area (Å²) in [4.78, 5) is 13.9. The van der Waals surface area contributed by atoms with Gasteiger partial charge in [-0.25, -0.2) is 0 Å². The standard InChI is InChI=1S/C14H17F3N2O2/c1-18-12-3-2-9(14(15,16)17)8-11(12)13(21)19-6-4-10(20)5-7-19/h2-3,8,10,18,20H,4-7H2,1H3. The second kappa shape index (κ2) is 5.93. The lowest BCUT2D eigenvalue weighted by atomic mass is 10.0. The van der Waals surface area contributed by atoms with Crippen LogP contribution in [0.25, 0.3) is 0 Å². The van der Waals surface area contributed by atoms with Gasteiger partial charge in [-0.2, -0.15) is 13.2 Å². The van der Waals surface area contributed by atoms with Gasteiger partial charge in [0.1, 0.15) is 0 Å². The number of aliphatic hydroxyl groups is 1. The Morgan fingerprint density at radius 1 is 1.33 bits per heavy atom. The molecule has 0 aliphatic carbocycles. The van der Waals surface area contributed by atoms with Crippen LogP contribution in [0.15, 0.2) is 18.2 Å². The fourth-order valence-electron chi connectivity index (χ4n) is 2.35. The number of carbonyl (C=O) groups excluding carboxylic acids is 1. The highest BCUT2D eigenvalue weighted by atomic mass is 19.4. The smallest absolute Gasteiger partial charge is 0.393 e. The van der Waals surface area contributed by atoms with Gasteiger partial charge in [0.25, 0.3) is 5.91 Å². The molecule has 0 bridgehead atoms. The number of rotatable bonds is 2. The third-order valence-electron chi connectivity index (χ3n) is 3.60. The minimum atomic E-state index is -4.49. The fraction of sp³-hybridized carbons (Fsp3) is 0.500. The molecule has 0 aromatic heterocycles. The number of likely N-dealkylation sites (tertiary alicyclic amines) is 1. The second-order valence-electron chi connectivity index (χ2n) is 5.03. The number of halogens is 3. The molecule has 0 unspecified atom stereocenters. The Bertz CT molecular complexity index is 523. The van der Waals surface area contributed by atoms with Crippen molar-refractivity contribution in [2.75, 3.05) is 25.5 Å².